The summed E-state index contributed by atoms with van der Waals surface area (Å²) in [5, 5.41) is 0. The van der Waals surface area contributed by atoms with Gasteiger partial charge in [-0.2, -0.15) is 0 Å². The van der Waals surface area contributed by atoms with Crippen LogP contribution in [0.2, 0.25) is 0 Å². The Morgan fingerprint density at radius 2 is 1.46 bits per heavy atom. The number of fused-ring (bicyclic) bond motifs is 1. The zero-order valence-corrected chi connectivity index (χ0v) is 21.5. The zero-order chi connectivity index (χ0) is 24.2. The van der Waals surface area contributed by atoms with E-state index in [0.29, 0.717) is 17.9 Å². The summed E-state index contributed by atoms with van der Waals surface area (Å²) in [5.74, 6) is 1.39. The molecule has 0 spiro atoms. The van der Waals surface area contributed by atoms with Crippen LogP contribution >= 0.6 is 11.9 Å². The van der Waals surface area contributed by atoms with Gasteiger partial charge in [0.2, 0.25) is 0 Å². The second-order valence-corrected chi connectivity index (χ2v) is 11.0. The molecular weight excluding hydrogens is 450 g/mol. The second-order valence-electron chi connectivity index (χ2n) is 10.0. The first-order valence-electron chi connectivity index (χ1n) is 12.7. The zero-order valence-electron chi connectivity index (χ0n) is 20.7. The highest BCUT2D eigenvalue weighted by molar-refractivity contribution is 7.97. The Morgan fingerprint density at radius 3 is 2.09 bits per heavy atom. The third-order valence-electron chi connectivity index (χ3n) is 7.54. The molecule has 35 heavy (non-hydrogen) atoms. The standard InChI is InChI=1S/C30H35N3OS/c1-22-10-9-11-23(2)29(22)30(34)33-20-25-18-32(19-26(25)21-33)17-16-28(24-12-5-3-6-13-24)31-35-27-14-7-4-8-15-27/h3-15,25-26,28,31H,16-21H2,1-2H3/t25?,26?,28-/m0/s1. The first-order chi connectivity index (χ1) is 17.1. The lowest BCUT2D eigenvalue weighted by atomic mass is 10.0. The van der Waals surface area contributed by atoms with Crippen LogP contribution in [-0.4, -0.2) is 48.4 Å². The maximum absolute atomic E-state index is 13.3. The summed E-state index contributed by atoms with van der Waals surface area (Å²) in [4.78, 5) is 19.2. The van der Waals surface area contributed by atoms with Crippen LogP contribution < -0.4 is 4.72 Å². The van der Waals surface area contributed by atoms with Crippen LogP contribution in [0.5, 0.6) is 0 Å². The highest BCUT2D eigenvalue weighted by Gasteiger charge is 2.41. The van der Waals surface area contributed by atoms with Crippen molar-refractivity contribution in [1.29, 1.82) is 0 Å². The van der Waals surface area contributed by atoms with E-state index >= 15 is 0 Å². The number of nitrogens with zero attached hydrogens (tertiary/aromatic N) is 2. The van der Waals surface area contributed by atoms with E-state index in [1.54, 1.807) is 11.9 Å². The monoisotopic (exact) mass is 485 g/mol. The minimum atomic E-state index is 0.216. The minimum absolute atomic E-state index is 0.216. The topological polar surface area (TPSA) is 35.6 Å². The van der Waals surface area contributed by atoms with Gasteiger partial charge in [-0.3, -0.25) is 9.52 Å². The maximum atomic E-state index is 13.3. The van der Waals surface area contributed by atoms with Crippen molar-refractivity contribution in [2.24, 2.45) is 11.8 Å². The van der Waals surface area contributed by atoms with Crippen molar-refractivity contribution in [2.45, 2.75) is 31.2 Å². The summed E-state index contributed by atoms with van der Waals surface area (Å²) in [6.07, 6.45) is 1.06. The molecule has 0 aliphatic carbocycles. The first kappa shape index (κ1) is 24.1. The van der Waals surface area contributed by atoms with Gasteiger partial charge in [0.1, 0.15) is 0 Å². The van der Waals surface area contributed by atoms with Crippen molar-refractivity contribution in [3.05, 3.63) is 101 Å². The third kappa shape index (κ3) is 5.64. The molecule has 2 aliphatic rings. The Morgan fingerprint density at radius 1 is 0.857 bits per heavy atom. The summed E-state index contributed by atoms with van der Waals surface area (Å²) in [6.45, 7) is 9.12. The van der Waals surface area contributed by atoms with E-state index in [2.05, 4.69) is 75.2 Å². The van der Waals surface area contributed by atoms with Gasteiger partial charge in [-0.05, 0) is 79.4 Å². The van der Waals surface area contributed by atoms with Gasteiger partial charge in [0.05, 0.1) is 0 Å². The average Bonchev–Trinajstić information content (AvgIpc) is 3.44. The van der Waals surface area contributed by atoms with Crippen LogP contribution in [0.25, 0.3) is 0 Å². The summed E-state index contributed by atoms with van der Waals surface area (Å²) < 4.78 is 3.71. The Labute approximate surface area is 213 Å². The number of likely N-dealkylation sites (tertiary alicyclic amines) is 2. The molecule has 2 heterocycles. The molecule has 2 aliphatic heterocycles. The number of benzene rings is 3. The molecule has 0 aromatic heterocycles. The molecular formula is C30H35N3OS. The van der Waals surface area contributed by atoms with E-state index in [1.165, 1.54) is 10.5 Å². The highest BCUT2D eigenvalue weighted by atomic mass is 32.2. The van der Waals surface area contributed by atoms with Gasteiger partial charge in [-0.1, -0.05) is 66.7 Å². The molecule has 2 unspecified atom stereocenters. The van der Waals surface area contributed by atoms with Gasteiger partial charge in [-0.15, -0.1) is 0 Å². The molecule has 4 nitrogen and oxygen atoms in total. The molecule has 3 aromatic carbocycles. The smallest absolute Gasteiger partial charge is 0.254 e. The first-order valence-corrected chi connectivity index (χ1v) is 13.5. The van der Waals surface area contributed by atoms with Gasteiger partial charge in [0, 0.05) is 42.7 Å². The Bertz CT molecular complexity index is 1100. The number of carbonyl (C=O) groups is 1. The van der Waals surface area contributed by atoms with Gasteiger partial charge in [0.15, 0.2) is 0 Å². The van der Waals surface area contributed by atoms with Gasteiger partial charge < -0.3 is 9.80 Å². The predicted molar refractivity (Wildman–Crippen MR) is 144 cm³/mol. The Kier molecular flexibility index (Phi) is 7.57. The molecule has 0 bridgehead atoms. The number of rotatable bonds is 8. The summed E-state index contributed by atoms with van der Waals surface area (Å²) in [7, 11) is 0. The van der Waals surface area contributed by atoms with Crippen LogP contribution in [0.15, 0.2) is 83.8 Å². The van der Waals surface area contributed by atoms with Crippen molar-refractivity contribution in [2.75, 3.05) is 32.7 Å². The van der Waals surface area contributed by atoms with E-state index in [1.807, 2.05) is 32.0 Å². The average molecular weight is 486 g/mol. The lowest BCUT2D eigenvalue weighted by Crippen LogP contribution is -2.34. The third-order valence-corrected chi connectivity index (χ3v) is 8.45. The highest BCUT2D eigenvalue weighted by Crippen LogP contribution is 2.33. The summed E-state index contributed by atoms with van der Waals surface area (Å²) in [6, 6.07) is 27.7. The molecule has 1 amide bonds. The lowest BCUT2D eigenvalue weighted by molar-refractivity contribution is 0.0772. The van der Waals surface area contributed by atoms with Crippen LogP contribution in [0.3, 0.4) is 0 Å². The van der Waals surface area contributed by atoms with Gasteiger partial charge >= 0.3 is 0 Å². The van der Waals surface area contributed by atoms with Crippen molar-refractivity contribution in [1.82, 2.24) is 14.5 Å². The molecule has 3 atom stereocenters. The number of amides is 1. The molecule has 2 saturated heterocycles. The van der Waals surface area contributed by atoms with Crippen molar-refractivity contribution < 1.29 is 4.79 Å². The van der Waals surface area contributed by atoms with Crippen LogP contribution in [0.4, 0.5) is 0 Å². The van der Waals surface area contributed by atoms with E-state index in [4.69, 9.17) is 0 Å². The number of hydrogen-bond donors (Lipinski definition) is 1. The van der Waals surface area contributed by atoms with Crippen LogP contribution in [-0.2, 0) is 0 Å². The number of hydrogen-bond acceptors (Lipinski definition) is 4. The second kappa shape index (κ2) is 11.0. The van der Waals surface area contributed by atoms with E-state index in [9.17, 15) is 4.79 Å². The van der Waals surface area contributed by atoms with E-state index < -0.39 is 0 Å². The number of carbonyl (C=O) groups excluding carboxylic acids is 1. The van der Waals surface area contributed by atoms with Crippen molar-refractivity contribution in [3.63, 3.8) is 0 Å². The van der Waals surface area contributed by atoms with Gasteiger partial charge in [-0.25, -0.2) is 0 Å². The fourth-order valence-electron chi connectivity index (χ4n) is 5.67. The van der Waals surface area contributed by atoms with Gasteiger partial charge in [0.25, 0.3) is 5.91 Å². The van der Waals surface area contributed by atoms with Crippen LogP contribution in [0, 0.1) is 25.7 Å². The van der Waals surface area contributed by atoms with E-state index in [0.717, 1.165) is 55.8 Å². The van der Waals surface area contributed by atoms with Crippen molar-refractivity contribution >= 4 is 17.9 Å². The molecule has 1 N–H and O–H groups in total. The molecule has 0 saturated carbocycles. The Hall–Kier alpha value is -2.60. The molecule has 5 rings (SSSR count). The van der Waals surface area contributed by atoms with Crippen LogP contribution in [0.1, 0.15) is 39.5 Å². The minimum Gasteiger partial charge on any atom is -0.338 e. The maximum Gasteiger partial charge on any atom is 0.254 e. The van der Waals surface area contributed by atoms with Crippen molar-refractivity contribution in [3.8, 4) is 0 Å². The quantitative estimate of drug-likeness (QED) is 0.413. The fourth-order valence-corrected chi connectivity index (χ4v) is 6.49. The fraction of sp³-hybridized carbons (Fsp3) is 0.367. The predicted octanol–water partition coefficient (Wildman–Crippen LogP) is 5.74. The number of nitrogens with one attached hydrogen (secondary N) is 1. The largest absolute Gasteiger partial charge is 0.338 e. The lowest BCUT2D eigenvalue weighted by Gasteiger charge is -2.25. The molecule has 2 fully saturated rings. The molecule has 3 aromatic rings. The molecule has 0 radical (unpaired) electrons. The Balaban J connectivity index is 1.16. The summed E-state index contributed by atoms with van der Waals surface area (Å²) in [5.41, 5.74) is 4.40. The normalized spacial score (nSPS) is 20.7. The number of aryl methyl sites for hydroxylation is 2. The summed E-state index contributed by atoms with van der Waals surface area (Å²) >= 11 is 1.71. The molecule has 5 heteroatoms. The SMILES string of the molecule is Cc1cccc(C)c1C(=O)N1CC2CN(CC[C@H](NSc3ccccc3)c3ccccc3)CC2C1. The van der Waals surface area contributed by atoms with E-state index in [-0.39, 0.29) is 5.91 Å². The molecule has 182 valence electrons.